The van der Waals surface area contributed by atoms with Crippen LogP contribution in [0.5, 0.6) is 0 Å². The van der Waals surface area contributed by atoms with Crippen LogP contribution in [0, 0.1) is 0 Å². The molecule has 0 aliphatic heterocycles. The molecule has 0 radical (unpaired) electrons. The van der Waals surface area contributed by atoms with Crippen LogP contribution in [0.4, 0.5) is 0 Å². The van der Waals surface area contributed by atoms with Crippen LogP contribution in [0.15, 0.2) is 0 Å². The molecular formula is C3H9NO3. The zero-order valence-electron chi connectivity index (χ0n) is 3.87. The second-order valence-electron chi connectivity index (χ2n) is 0.971. The molecule has 4 N–H and O–H groups in total. The second kappa shape index (κ2) is 4.01. The lowest BCUT2D eigenvalue weighted by Crippen LogP contribution is -2.20. The zero-order chi connectivity index (χ0) is 5.70. The molecule has 1 atom stereocenters. The van der Waals surface area contributed by atoms with Crippen LogP contribution in [0.1, 0.15) is 0 Å². The first-order valence-corrected chi connectivity index (χ1v) is 1.92. The molecule has 0 amide bonds. The first-order valence-electron chi connectivity index (χ1n) is 1.92. The topological polar surface area (TPSA) is 75.7 Å². The van der Waals surface area contributed by atoms with Crippen molar-refractivity contribution < 1.29 is 14.9 Å². The molecule has 0 saturated heterocycles. The van der Waals surface area contributed by atoms with Gasteiger partial charge in [0.1, 0.15) is 0 Å². The summed E-state index contributed by atoms with van der Waals surface area (Å²) in [6.07, 6.45) is -1.12. The highest BCUT2D eigenvalue weighted by Crippen LogP contribution is 1.77. The van der Waals surface area contributed by atoms with Crippen LogP contribution >= 0.6 is 0 Å². The maximum absolute atomic E-state index is 8.31. The van der Waals surface area contributed by atoms with Crippen LogP contribution < -0.4 is 5.73 Å². The molecule has 0 aliphatic rings. The summed E-state index contributed by atoms with van der Waals surface area (Å²) in [6.45, 7) is -0.473. The van der Waals surface area contributed by atoms with Crippen molar-refractivity contribution >= 4 is 0 Å². The van der Waals surface area contributed by atoms with Crippen molar-refractivity contribution in [3.8, 4) is 0 Å². The molecule has 0 bridgehead atoms. The van der Waals surface area contributed by atoms with Gasteiger partial charge in [0.05, 0.1) is 13.3 Å². The molecule has 0 aromatic heterocycles. The van der Waals surface area contributed by atoms with Gasteiger partial charge in [-0.1, -0.05) is 0 Å². The third-order valence-corrected chi connectivity index (χ3v) is 0.445. The maximum Gasteiger partial charge on any atom is 0.179 e. The van der Waals surface area contributed by atoms with Crippen molar-refractivity contribution in [2.24, 2.45) is 5.73 Å². The van der Waals surface area contributed by atoms with E-state index in [1.807, 2.05) is 0 Å². The summed E-state index contributed by atoms with van der Waals surface area (Å²) in [5.74, 6) is 0. The standard InChI is InChI=1S/C3H9NO3/c4-2-7-3(6)1-5/h3,5-6H,1-2,4H2. The molecule has 0 rings (SSSR count). The minimum absolute atomic E-state index is 0.0677. The normalized spacial score (nSPS) is 14.1. The molecule has 0 saturated carbocycles. The lowest BCUT2D eigenvalue weighted by molar-refractivity contribution is -0.122. The molecular weight excluding hydrogens is 98.0 g/mol. The van der Waals surface area contributed by atoms with Crippen LogP contribution in [0.2, 0.25) is 0 Å². The van der Waals surface area contributed by atoms with Gasteiger partial charge in [-0.3, -0.25) is 0 Å². The molecule has 7 heavy (non-hydrogen) atoms. The molecule has 0 aliphatic carbocycles. The van der Waals surface area contributed by atoms with E-state index < -0.39 is 12.9 Å². The minimum Gasteiger partial charge on any atom is -0.391 e. The Morgan fingerprint density at radius 1 is 1.71 bits per heavy atom. The van der Waals surface area contributed by atoms with Gasteiger partial charge in [-0.15, -0.1) is 0 Å². The summed E-state index contributed by atoms with van der Waals surface area (Å²) in [5.41, 5.74) is 4.81. The number of rotatable bonds is 3. The van der Waals surface area contributed by atoms with E-state index >= 15 is 0 Å². The summed E-state index contributed by atoms with van der Waals surface area (Å²) in [4.78, 5) is 0. The molecule has 0 heterocycles. The zero-order valence-corrected chi connectivity index (χ0v) is 3.87. The fraction of sp³-hybridized carbons (Fsp3) is 1.00. The second-order valence-corrected chi connectivity index (χ2v) is 0.971. The fourth-order valence-electron chi connectivity index (χ4n) is 0.164. The maximum atomic E-state index is 8.31. The first kappa shape index (κ1) is 6.84. The van der Waals surface area contributed by atoms with Crippen molar-refractivity contribution in [1.29, 1.82) is 0 Å². The largest absolute Gasteiger partial charge is 0.391 e. The SMILES string of the molecule is NCOC(O)CO. The number of nitrogens with two attached hydrogens (primary N) is 1. The third-order valence-electron chi connectivity index (χ3n) is 0.445. The monoisotopic (exact) mass is 107 g/mol. The molecule has 0 aromatic rings. The van der Waals surface area contributed by atoms with Gasteiger partial charge < -0.3 is 20.7 Å². The third kappa shape index (κ3) is 3.68. The van der Waals surface area contributed by atoms with Crippen molar-refractivity contribution in [2.45, 2.75) is 6.29 Å². The van der Waals surface area contributed by atoms with Gasteiger partial charge in [0, 0.05) is 0 Å². The predicted molar refractivity (Wildman–Crippen MR) is 23.2 cm³/mol. The summed E-state index contributed by atoms with van der Waals surface area (Å²) >= 11 is 0. The molecule has 4 heteroatoms. The molecule has 0 aromatic carbocycles. The Morgan fingerprint density at radius 3 is 2.43 bits per heavy atom. The van der Waals surface area contributed by atoms with E-state index in [9.17, 15) is 0 Å². The Hall–Kier alpha value is -0.160. The van der Waals surface area contributed by atoms with Gasteiger partial charge in [0.15, 0.2) is 6.29 Å². The number of hydrogen-bond acceptors (Lipinski definition) is 4. The smallest absolute Gasteiger partial charge is 0.179 e. The van der Waals surface area contributed by atoms with E-state index in [-0.39, 0.29) is 6.73 Å². The average molecular weight is 107 g/mol. The molecule has 0 spiro atoms. The van der Waals surface area contributed by atoms with E-state index in [4.69, 9.17) is 15.9 Å². The van der Waals surface area contributed by atoms with E-state index in [2.05, 4.69) is 4.74 Å². The van der Waals surface area contributed by atoms with Gasteiger partial charge >= 0.3 is 0 Å². The van der Waals surface area contributed by atoms with Crippen LogP contribution in [-0.2, 0) is 4.74 Å². The summed E-state index contributed by atoms with van der Waals surface area (Å²) in [5, 5.41) is 16.3. The van der Waals surface area contributed by atoms with Crippen LogP contribution in [-0.4, -0.2) is 29.8 Å². The van der Waals surface area contributed by atoms with Crippen LogP contribution in [0.3, 0.4) is 0 Å². The lowest BCUT2D eigenvalue weighted by atomic mass is 10.7. The van der Waals surface area contributed by atoms with E-state index in [0.717, 1.165) is 0 Å². The Kier molecular flexibility index (Phi) is 3.92. The number of aliphatic hydroxyl groups excluding tert-OH is 2. The van der Waals surface area contributed by atoms with Crippen molar-refractivity contribution in [1.82, 2.24) is 0 Å². The Bertz CT molecular complexity index is 41.2. The number of hydrogen-bond donors (Lipinski definition) is 3. The average Bonchev–Trinajstić information content (AvgIpc) is 1.68. The summed E-state index contributed by atoms with van der Waals surface area (Å²) in [6, 6.07) is 0. The van der Waals surface area contributed by atoms with E-state index in [1.165, 1.54) is 0 Å². The molecule has 0 fully saturated rings. The van der Waals surface area contributed by atoms with Gasteiger partial charge in [0.2, 0.25) is 0 Å². The van der Waals surface area contributed by atoms with Crippen molar-refractivity contribution in [2.75, 3.05) is 13.3 Å². The lowest BCUT2D eigenvalue weighted by Gasteiger charge is -2.03. The quantitative estimate of drug-likeness (QED) is 0.373. The molecule has 4 nitrogen and oxygen atoms in total. The Balaban J connectivity index is 2.83. The van der Waals surface area contributed by atoms with Gasteiger partial charge in [0.25, 0.3) is 0 Å². The van der Waals surface area contributed by atoms with Crippen molar-refractivity contribution in [3.63, 3.8) is 0 Å². The van der Waals surface area contributed by atoms with Crippen molar-refractivity contribution in [3.05, 3.63) is 0 Å². The number of aliphatic hydroxyl groups is 2. The van der Waals surface area contributed by atoms with Crippen LogP contribution in [0.25, 0.3) is 0 Å². The van der Waals surface area contributed by atoms with E-state index in [1.54, 1.807) is 0 Å². The first-order chi connectivity index (χ1) is 3.31. The molecule has 44 valence electrons. The molecule has 1 unspecified atom stereocenters. The predicted octanol–water partition coefficient (Wildman–Crippen LogP) is -1.77. The highest BCUT2D eigenvalue weighted by Gasteiger charge is 1.95. The van der Waals surface area contributed by atoms with Gasteiger partial charge in [-0.2, -0.15) is 0 Å². The fourth-order valence-corrected chi connectivity index (χ4v) is 0.164. The Labute approximate surface area is 41.5 Å². The highest BCUT2D eigenvalue weighted by molar-refractivity contribution is 4.28. The van der Waals surface area contributed by atoms with E-state index in [0.29, 0.717) is 0 Å². The van der Waals surface area contributed by atoms with Gasteiger partial charge in [-0.25, -0.2) is 0 Å². The highest BCUT2D eigenvalue weighted by atomic mass is 16.6. The van der Waals surface area contributed by atoms with Gasteiger partial charge in [-0.05, 0) is 0 Å². The number of ether oxygens (including phenoxy) is 1. The summed E-state index contributed by atoms with van der Waals surface area (Å²) in [7, 11) is 0. The minimum atomic E-state index is -1.12. The Morgan fingerprint density at radius 2 is 2.29 bits per heavy atom. The summed E-state index contributed by atoms with van der Waals surface area (Å²) < 4.78 is 4.27.